The summed E-state index contributed by atoms with van der Waals surface area (Å²) in [6.45, 7) is 7.46. The van der Waals surface area contributed by atoms with Crippen molar-refractivity contribution >= 4 is 16.0 Å². The maximum Gasteiger partial charge on any atom is 0.321 e. The SMILES string of the molecule is CCC(C)CS(=O)(=O)NC(CC(C)C)C(=O)O. The fourth-order valence-electron chi connectivity index (χ4n) is 1.43. The topological polar surface area (TPSA) is 83.5 Å². The molecule has 0 saturated carbocycles. The maximum atomic E-state index is 11.7. The molecule has 0 aromatic carbocycles. The zero-order valence-electron chi connectivity index (χ0n) is 10.9. The third-order valence-corrected chi connectivity index (χ3v) is 4.18. The van der Waals surface area contributed by atoms with Crippen LogP contribution in [0.4, 0.5) is 0 Å². The van der Waals surface area contributed by atoms with E-state index in [9.17, 15) is 13.2 Å². The summed E-state index contributed by atoms with van der Waals surface area (Å²) in [4.78, 5) is 10.9. The molecular weight excluding hydrogens is 242 g/mol. The highest BCUT2D eigenvalue weighted by Gasteiger charge is 2.25. The fourth-order valence-corrected chi connectivity index (χ4v) is 3.14. The molecule has 0 saturated heterocycles. The van der Waals surface area contributed by atoms with Gasteiger partial charge in [0.1, 0.15) is 6.04 Å². The molecule has 2 unspecified atom stereocenters. The summed E-state index contributed by atoms with van der Waals surface area (Å²) in [6.07, 6.45) is 1.05. The zero-order valence-corrected chi connectivity index (χ0v) is 11.8. The van der Waals surface area contributed by atoms with Crippen LogP contribution in [0.15, 0.2) is 0 Å². The molecule has 2 N–H and O–H groups in total. The van der Waals surface area contributed by atoms with Gasteiger partial charge < -0.3 is 5.11 Å². The lowest BCUT2D eigenvalue weighted by Crippen LogP contribution is -2.43. The van der Waals surface area contributed by atoms with Gasteiger partial charge in [-0.1, -0.05) is 34.1 Å². The fraction of sp³-hybridized carbons (Fsp3) is 0.909. The van der Waals surface area contributed by atoms with E-state index in [1.54, 1.807) is 0 Å². The molecule has 0 amide bonds. The lowest BCUT2D eigenvalue weighted by molar-refractivity contribution is -0.139. The lowest BCUT2D eigenvalue weighted by atomic mass is 10.1. The molecule has 0 fully saturated rings. The van der Waals surface area contributed by atoms with Gasteiger partial charge in [-0.25, -0.2) is 13.1 Å². The Bertz CT molecular complexity index is 337. The van der Waals surface area contributed by atoms with Crippen LogP contribution >= 0.6 is 0 Å². The van der Waals surface area contributed by atoms with Crippen LogP contribution < -0.4 is 4.72 Å². The van der Waals surface area contributed by atoms with E-state index < -0.39 is 22.0 Å². The molecule has 0 aromatic rings. The quantitative estimate of drug-likeness (QED) is 0.696. The van der Waals surface area contributed by atoms with E-state index in [-0.39, 0.29) is 17.6 Å². The standard InChI is InChI=1S/C11H23NO4S/c1-5-9(4)7-17(15,16)12-10(11(13)14)6-8(2)3/h8-10,12H,5-7H2,1-4H3,(H,13,14). The second-order valence-corrected chi connectivity index (χ2v) is 6.73. The molecule has 5 nitrogen and oxygen atoms in total. The second kappa shape index (κ2) is 6.96. The Kier molecular flexibility index (Phi) is 6.70. The van der Waals surface area contributed by atoms with E-state index >= 15 is 0 Å². The molecule has 0 aromatic heterocycles. The smallest absolute Gasteiger partial charge is 0.321 e. The monoisotopic (exact) mass is 265 g/mol. The predicted octanol–water partition coefficient (Wildman–Crippen LogP) is 1.45. The molecule has 0 bridgehead atoms. The Balaban J connectivity index is 4.58. The van der Waals surface area contributed by atoms with Gasteiger partial charge in [-0.15, -0.1) is 0 Å². The number of sulfonamides is 1. The van der Waals surface area contributed by atoms with Gasteiger partial charge in [0.05, 0.1) is 5.75 Å². The Labute approximate surface area is 104 Å². The Morgan fingerprint density at radius 3 is 2.18 bits per heavy atom. The van der Waals surface area contributed by atoms with E-state index in [1.165, 1.54) is 0 Å². The minimum atomic E-state index is -3.51. The molecule has 17 heavy (non-hydrogen) atoms. The number of carboxylic acid groups (broad SMARTS) is 1. The molecule has 6 heteroatoms. The molecule has 102 valence electrons. The predicted molar refractivity (Wildman–Crippen MR) is 67.3 cm³/mol. The van der Waals surface area contributed by atoms with E-state index in [0.29, 0.717) is 6.42 Å². The first-order valence-corrected chi connectivity index (χ1v) is 7.56. The van der Waals surface area contributed by atoms with Crippen molar-refractivity contribution in [1.29, 1.82) is 0 Å². The third kappa shape index (κ3) is 7.33. The molecule has 0 radical (unpaired) electrons. The van der Waals surface area contributed by atoms with E-state index in [2.05, 4.69) is 4.72 Å². The summed E-state index contributed by atoms with van der Waals surface area (Å²) in [5.41, 5.74) is 0. The van der Waals surface area contributed by atoms with E-state index in [0.717, 1.165) is 6.42 Å². The molecule has 0 heterocycles. The minimum absolute atomic E-state index is 0.0224. The molecule has 0 aliphatic rings. The van der Waals surface area contributed by atoms with Gasteiger partial charge >= 0.3 is 5.97 Å². The Morgan fingerprint density at radius 1 is 1.29 bits per heavy atom. The summed E-state index contributed by atoms with van der Waals surface area (Å²) >= 11 is 0. The summed E-state index contributed by atoms with van der Waals surface area (Å²) in [5.74, 6) is -0.986. The van der Waals surface area contributed by atoms with Crippen molar-refractivity contribution in [2.45, 2.75) is 46.6 Å². The first-order chi connectivity index (χ1) is 7.68. The van der Waals surface area contributed by atoms with Gasteiger partial charge in [0, 0.05) is 0 Å². The van der Waals surface area contributed by atoms with Crippen LogP contribution in [-0.4, -0.2) is 31.3 Å². The highest BCUT2D eigenvalue weighted by molar-refractivity contribution is 7.89. The van der Waals surface area contributed by atoms with Crippen molar-refractivity contribution in [1.82, 2.24) is 4.72 Å². The first-order valence-electron chi connectivity index (χ1n) is 5.90. The summed E-state index contributed by atoms with van der Waals surface area (Å²) in [7, 11) is -3.51. The maximum absolute atomic E-state index is 11.7. The van der Waals surface area contributed by atoms with Crippen LogP contribution in [0.5, 0.6) is 0 Å². The molecule has 0 spiro atoms. The van der Waals surface area contributed by atoms with Crippen LogP contribution in [0, 0.1) is 11.8 Å². The van der Waals surface area contributed by atoms with E-state index in [4.69, 9.17) is 5.11 Å². The molecule has 0 rings (SSSR count). The van der Waals surface area contributed by atoms with Gasteiger partial charge in [0.15, 0.2) is 0 Å². The van der Waals surface area contributed by atoms with E-state index in [1.807, 2.05) is 27.7 Å². The number of carboxylic acids is 1. The van der Waals surface area contributed by atoms with Crippen molar-refractivity contribution in [3.05, 3.63) is 0 Å². The van der Waals surface area contributed by atoms with Gasteiger partial charge in [-0.05, 0) is 18.3 Å². The number of hydrogen-bond acceptors (Lipinski definition) is 3. The van der Waals surface area contributed by atoms with Crippen LogP contribution in [0.2, 0.25) is 0 Å². The molecule has 0 aliphatic heterocycles. The Hall–Kier alpha value is -0.620. The average molecular weight is 265 g/mol. The van der Waals surface area contributed by atoms with Crippen LogP contribution in [-0.2, 0) is 14.8 Å². The summed E-state index contributed by atoms with van der Waals surface area (Å²) in [5, 5.41) is 8.95. The molecule has 2 atom stereocenters. The third-order valence-electron chi connectivity index (χ3n) is 2.53. The highest BCUT2D eigenvalue weighted by Crippen LogP contribution is 2.09. The van der Waals surface area contributed by atoms with Crippen molar-refractivity contribution in [2.75, 3.05) is 5.75 Å². The first kappa shape index (κ1) is 16.4. The van der Waals surface area contributed by atoms with Gasteiger partial charge in [0.2, 0.25) is 10.0 Å². The van der Waals surface area contributed by atoms with Gasteiger partial charge in [-0.2, -0.15) is 0 Å². The summed E-state index contributed by atoms with van der Waals surface area (Å²) in [6, 6.07) is -1.02. The van der Waals surface area contributed by atoms with Crippen molar-refractivity contribution < 1.29 is 18.3 Å². The number of carbonyl (C=O) groups is 1. The van der Waals surface area contributed by atoms with Crippen molar-refractivity contribution in [2.24, 2.45) is 11.8 Å². The Morgan fingerprint density at radius 2 is 1.82 bits per heavy atom. The largest absolute Gasteiger partial charge is 0.480 e. The average Bonchev–Trinajstić information content (AvgIpc) is 2.14. The second-order valence-electron chi connectivity index (χ2n) is 4.93. The minimum Gasteiger partial charge on any atom is -0.480 e. The summed E-state index contributed by atoms with van der Waals surface area (Å²) < 4.78 is 25.7. The lowest BCUT2D eigenvalue weighted by Gasteiger charge is -2.18. The van der Waals surface area contributed by atoms with Crippen LogP contribution in [0.25, 0.3) is 0 Å². The normalized spacial score (nSPS) is 15.8. The number of rotatable bonds is 8. The molecule has 0 aliphatic carbocycles. The number of nitrogens with one attached hydrogen (secondary N) is 1. The van der Waals surface area contributed by atoms with Gasteiger partial charge in [-0.3, -0.25) is 4.79 Å². The van der Waals surface area contributed by atoms with Crippen molar-refractivity contribution in [3.8, 4) is 0 Å². The van der Waals surface area contributed by atoms with Gasteiger partial charge in [0.25, 0.3) is 0 Å². The van der Waals surface area contributed by atoms with Crippen LogP contribution in [0.3, 0.4) is 0 Å². The van der Waals surface area contributed by atoms with Crippen molar-refractivity contribution in [3.63, 3.8) is 0 Å². The number of hydrogen-bond donors (Lipinski definition) is 2. The number of aliphatic carboxylic acids is 1. The van der Waals surface area contributed by atoms with Crippen LogP contribution in [0.1, 0.15) is 40.5 Å². The highest BCUT2D eigenvalue weighted by atomic mass is 32.2. The molecular formula is C11H23NO4S. The zero-order chi connectivity index (χ0) is 13.6.